The second-order valence-electron chi connectivity index (χ2n) is 6.37. The first-order chi connectivity index (χ1) is 13.0. The van der Waals surface area contributed by atoms with Gasteiger partial charge in [0.2, 0.25) is 5.91 Å². The van der Waals surface area contributed by atoms with E-state index in [9.17, 15) is 14.3 Å². The number of benzene rings is 1. The van der Waals surface area contributed by atoms with Crippen molar-refractivity contribution in [3.8, 4) is 11.3 Å². The molecule has 3 aromatic rings. The van der Waals surface area contributed by atoms with Crippen LogP contribution in [0.5, 0.6) is 0 Å². The average Bonchev–Trinajstić information content (AvgIpc) is 3.05. The highest BCUT2D eigenvalue weighted by molar-refractivity contribution is 5.76. The number of hydrogen-bond acceptors (Lipinski definition) is 4. The van der Waals surface area contributed by atoms with Crippen molar-refractivity contribution in [1.29, 1.82) is 0 Å². The molecule has 1 atom stereocenters. The lowest BCUT2D eigenvalue weighted by atomic mass is 10.1. The third kappa shape index (κ3) is 5.21. The van der Waals surface area contributed by atoms with Crippen LogP contribution >= 0.6 is 0 Å². The monoisotopic (exact) mass is 368 g/mol. The number of aromatic nitrogens is 3. The van der Waals surface area contributed by atoms with Crippen LogP contribution in [-0.4, -0.2) is 38.4 Å². The van der Waals surface area contributed by atoms with Crippen LogP contribution in [0.2, 0.25) is 0 Å². The Hall–Kier alpha value is -3.06. The van der Waals surface area contributed by atoms with Gasteiger partial charge in [-0.1, -0.05) is 12.1 Å². The van der Waals surface area contributed by atoms with Gasteiger partial charge in [-0.2, -0.15) is 5.10 Å². The molecule has 0 bridgehead atoms. The first-order valence-electron chi connectivity index (χ1n) is 8.67. The number of halogens is 1. The zero-order chi connectivity index (χ0) is 19.2. The SMILES string of the molecule is C[C@@H](O)CNC(=O)Cn1nc(-c2ccncc2)cc1Cc1ccc(F)cc1. The van der Waals surface area contributed by atoms with Gasteiger partial charge in [0.25, 0.3) is 0 Å². The highest BCUT2D eigenvalue weighted by atomic mass is 19.1. The van der Waals surface area contributed by atoms with E-state index in [1.807, 2.05) is 18.2 Å². The van der Waals surface area contributed by atoms with Crippen LogP contribution in [0.1, 0.15) is 18.2 Å². The Kier molecular flexibility index (Phi) is 5.93. The van der Waals surface area contributed by atoms with E-state index in [1.54, 1.807) is 36.1 Å². The van der Waals surface area contributed by atoms with Gasteiger partial charge in [-0.15, -0.1) is 0 Å². The second-order valence-corrected chi connectivity index (χ2v) is 6.37. The van der Waals surface area contributed by atoms with Gasteiger partial charge < -0.3 is 10.4 Å². The molecule has 2 N–H and O–H groups in total. The Labute approximate surface area is 156 Å². The fraction of sp³-hybridized carbons (Fsp3) is 0.250. The van der Waals surface area contributed by atoms with Crippen LogP contribution < -0.4 is 5.32 Å². The first kappa shape index (κ1) is 18.7. The summed E-state index contributed by atoms with van der Waals surface area (Å²) in [5.74, 6) is -0.525. The van der Waals surface area contributed by atoms with E-state index >= 15 is 0 Å². The lowest BCUT2D eigenvalue weighted by Crippen LogP contribution is -2.33. The van der Waals surface area contributed by atoms with Crippen molar-refractivity contribution in [1.82, 2.24) is 20.1 Å². The first-order valence-corrected chi connectivity index (χ1v) is 8.67. The van der Waals surface area contributed by atoms with E-state index < -0.39 is 6.10 Å². The zero-order valence-corrected chi connectivity index (χ0v) is 15.0. The van der Waals surface area contributed by atoms with Gasteiger partial charge in [-0.3, -0.25) is 14.5 Å². The normalized spacial score (nSPS) is 12.0. The molecular formula is C20H21FN4O2. The number of aliphatic hydroxyl groups is 1. The molecule has 1 amide bonds. The quantitative estimate of drug-likeness (QED) is 0.670. The molecule has 0 saturated heterocycles. The van der Waals surface area contributed by atoms with Crippen molar-refractivity contribution in [2.24, 2.45) is 0 Å². The minimum Gasteiger partial charge on any atom is -0.392 e. The molecule has 27 heavy (non-hydrogen) atoms. The van der Waals surface area contributed by atoms with Gasteiger partial charge in [0.15, 0.2) is 0 Å². The summed E-state index contributed by atoms with van der Waals surface area (Å²) in [5.41, 5.74) is 3.38. The Morgan fingerprint density at radius 1 is 1.22 bits per heavy atom. The van der Waals surface area contributed by atoms with Crippen molar-refractivity contribution in [3.63, 3.8) is 0 Å². The van der Waals surface area contributed by atoms with Crippen LogP contribution in [0, 0.1) is 5.82 Å². The van der Waals surface area contributed by atoms with Gasteiger partial charge in [0, 0.05) is 36.6 Å². The van der Waals surface area contributed by atoms with E-state index in [0.717, 1.165) is 22.5 Å². The number of pyridine rings is 1. The van der Waals surface area contributed by atoms with Crippen LogP contribution in [0.4, 0.5) is 4.39 Å². The predicted molar refractivity (Wildman–Crippen MR) is 99.4 cm³/mol. The largest absolute Gasteiger partial charge is 0.392 e. The average molecular weight is 368 g/mol. The number of nitrogens with one attached hydrogen (secondary N) is 1. The van der Waals surface area contributed by atoms with Crippen molar-refractivity contribution in [2.45, 2.75) is 26.0 Å². The summed E-state index contributed by atoms with van der Waals surface area (Å²) in [6.07, 6.45) is 3.27. The van der Waals surface area contributed by atoms with Crippen molar-refractivity contribution in [2.75, 3.05) is 6.54 Å². The van der Waals surface area contributed by atoms with E-state index in [4.69, 9.17) is 0 Å². The van der Waals surface area contributed by atoms with Crippen molar-refractivity contribution < 1.29 is 14.3 Å². The number of hydrogen-bond donors (Lipinski definition) is 2. The Bertz CT molecular complexity index is 892. The fourth-order valence-electron chi connectivity index (χ4n) is 2.66. The third-order valence-corrected chi connectivity index (χ3v) is 4.03. The van der Waals surface area contributed by atoms with E-state index in [2.05, 4.69) is 15.4 Å². The molecule has 0 unspecified atom stereocenters. The highest BCUT2D eigenvalue weighted by Gasteiger charge is 2.13. The molecule has 3 rings (SSSR count). The Morgan fingerprint density at radius 3 is 2.59 bits per heavy atom. The molecular weight excluding hydrogens is 347 g/mol. The van der Waals surface area contributed by atoms with E-state index in [1.165, 1.54) is 12.1 Å². The molecule has 6 nitrogen and oxygen atoms in total. The molecule has 7 heteroatoms. The summed E-state index contributed by atoms with van der Waals surface area (Å²) in [5, 5.41) is 16.5. The second kappa shape index (κ2) is 8.55. The molecule has 0 saturated carbocycles. The van der Waals surface area contributed by atoms with Crippen LogP contribution in [0.3, 0.4) is 0 Å². The summed E-state index contributed by atoms with van der Waals surface area (Å²) in [6.45, 7) is 1.83. The van der Waals surface area contributed by atoms with Crippen LogP contribution in [0.25, 0.3) is 11.3 Å². The smallest absolute Gasteiger partial charge is 0.241 e. The van der Waals surface area contributed by atoms with E-state index in [0.29, 0.717) is 6.42 Å². The molecule has 0 aliphatic rings. The molecule has 0 spiro atoms. The van der Waals surface area contributed by atoms with Crippen molar-refractivity contribution in [3.05, 3.63) is 71.9 Å². The van der Waals surface area contributed by atoms with Crippen molar-refractivity contribution >= 4 is 5.91 Å². The van der Waals surface area contributed by atoms with Gasteiger partial charge >= 0.3 is 0 Å². The fourth-order valence-corrected chi connectivity index (χ4v) is 2.66. The minimum absolute atomic E-state index is 0.0360. The summed E-state index contributed by atoms with van der Waals surface area (Å²) in [7, 11) is 0. The molecule has 140 valence electrons. The number of carbonyl (C=O) groups excluding carboxylic acids is 1. The zero-order valence-electron chi connectivity index (χ0n) is 15.0. The molecule has 2 heterocycles. The van der Waals surface area contributed by atoms with E-state index in [-0.39, 0.29) is 24.8 Å². The highest BCUT2D eigenvalue weighted by Crippen LogP contribution is 2.20. The standard InChI is InChI=1S/C20H21FN4O2/c1-14(26)12-23-20(27)13-25-18(10-15-2-4-17(21)5-3-15)11-19(24-25)16-6-8-22-9-7-16/h2-9,11,14,26H,10,12-13H2,1H3,(H,23,27)/t14-/m1/s1. The number of nitrogens with zero attached hydrogens (tertiary/aromatic N) is 3. The third-order valence-electron chi connectivity index (χ3n) is 4.03. The molecule has 2 aromatic heterocycles. The topological polar surface area (TPSA) is 80.0 Å². The minimum atomic E-state index is -0.613. The molecule has 0 aliphatic carbocycles. The molecule has 0 radical (unpaired) electrons. The Morgan fingerprint density at radius 2 is 1.93 bits per heavy atom. The van der Waals surface area contributed by atoms with Crippen LogP contribution in [-0.2, 0) is 17.8 Å². The number of aliphatic hydroxyl groups excluding tert-OH is 1. The number of amides is 1. The predicted octanol–water partition coefficient (Wildman–Crippen LogP) is 2.17. The maximum Gasteiger partial charge on any atom is 0.241 e. The Balaban J connectivity index is 1.85. The lowest BCUT2D eigenvalue weighted by molar-refractivity contribution is -0.122. The van der Waals surface area contributed by atoms with Gasteiger partial charge in [0.1, 0.15) is 12.4 Å². The lowest BCUT2D eigenvalue weighted by Gasteiger charge is -2.10. The molecule has 0 aliphatic heterocycles. The number of carbonyl (C=O) groups is 1. The van der Waals surface area contributed by atoms with Gasteiger partial charge in [0.05, 0.1) is 11.8 Å². The summed E-state index contributed by atoms with van der Waals surface area (Å²) >= 11 is 0. The van der Waals surface area contributed by atoms with Gasteiger partial charge in [-0.25, -0.2) is 4.39 Å². The summed E-state index contributed by atoms with van der Waals surface area (Å²) < 4.78 is 14.8. The number of rotatable bonds is 7. The van der Waals surface area contributed by atoms with Gasteiger partial charge in [-0.05, 0) is 42.8 Å². The summed E-state index contributed by atoms with van der Waals surface area (Å²) in [4.78, 5) is 16.2. The molecule has 0 fully saturated rings. The summed E-state index contributed by atoms with van der Waals surface area (Å²) in [6, 6.07) is 11.9. The van der Waals surface area contributed by atoms with Crippen LogP contribution in [0.15, 0.2) is 54.9 Å². The maximum atomic E-state index is 13.2. The maximum absolute atomic E-state index is 13.2. The molecule has 1 aromatic carbocycles.